The molecule has 0 amide bonds. The summed E-state index contributed by atoms with van der Waals surface area (Å²) in [6, 6.07) is 0. The molecule has 0 saturated heterocycles. The second-order valence-electron chi connectivity index (χ2n) is 4.25. The van der Waals surface area contributed by atoms with Crippen molar-refractivity contribution in [3.05, 3.63) is 36.2 Å². The van der Waals surface area contributed by atoms with E-state index in [9.17, 15) is 5.11 Å². The maximum Gasteiger partial charge on any atom is 0.204 e. The Morgan fingerprint density at radius 3 is 2.71 bits per heavy atom. The molecule has 1 rings (SSSR count). The van der Waals surface area contributed by atoms with Crippen LogP contribution in [0, 0.1) is 0 Å². The summed E-state index contributed by atoms with van der Waals surface area (Å²) in [6.07, 6.45) is 11.7. The largest absolute Gasteiger partial charge is 0.361 e. The first kappa shape index (κ1) is 14.0. The van der Waals surface area contributed by atoms with Crippen LogP contribution in [0.2, 0.25) is 0 Å². The number of nitrogens with zero attached hydrogens (tertiary/aromatic N) is 1. The van der Waals surface area contributed by atoms with Crippen LogP contribution < -0.4 is 0 Å². The number of ether oxygens (including phenoxy) is 1. The summed E-state index contributed by atoms with van der Waals surface area (Å²) in [5.74, 6) is -1.23. The minimum Gasteiger partial charge on any atom is -0.361 e. The lowest BCUT2D eigenvalue weighted by atomic mass is 10.2. The summed E-state index contributed by atoms with van der Waals surface area (Å²) < 4.78 is 5.57. The van der Waals surface area contributed by atoms with Crippen molar-refractivity contribution in [1.29, 1.82) is 0 Å². The molecule has 0 aromatic carbocycles. The van der Waals surface area contributed by atoms with Gasteiger partial charge in [0.1, 0.15) is 0 Å². The predicted octanol–water partition coefficient (Wildman–Crippen LogP) is 2.80. The van der Waals surface area contributed by atoms with Crippen molar-refractivity contribution in [2.75, 3.05) is 13.2 Å². The molecule has 0 bridgehead atoms. The Labute approximate surface area is 104 Å². The third kappa shape index (κ3) is 4.02. The molecular formula is C14H23NO2. The van der Waals surface area contributed by atoms with Crippen molar-refractivity contribution >= 4 is 0 Å². The van der Waals surface area contributed by atoms with E-state index >= 15 is 0 Å². The number of hydrogen-bond acceptors (Lipinski definition) is 3. The minimum absolute atomic E-state index is 0.575. The quantitative estimate of drug-likeness (QED) is 0.569. The Morgan fingerprint density at radius 1 is 1.29 bits per heavy atom. The molecule has 3 heteroatoms. The molecule has 1 atom stereocenters. The lowest BCUT2D eigenvalue weighted by Crippen LogP contribution is -2.38. The van der Waals surface area contributed by atoms with Gasteiger partial charge in [-0.2, -0.15) is 0 Å². The van der Waals surface area contributed by atoms with Crippen LogP contribution in [0.25, 0.3) is 0 Å². The van der Waals surface area contributed by atoms with Crippen LogP contribution in [-0.2, 0) is 4.74 Å². The van der Waals surface area contributed by atoms with Crippen LogP contribution in [-0.4, -0.2) is 28.9 Å². The van der Waals surface area contributed by atoms with Gasteiger partial charge < -0.3 is 14.7 Å². The highest BCUT2D eigenvalue weighted by molar-refractivity contribution is 5.25. The number of allylic oxidation sites excluding steroid dienone is 4. The third-order valence-electron chi connectivity index (χ3n) is 2.75. The summed E-state index contributed by atoms with van der Waals surface area (Å²) in [4.78, 5) is 1.99. The lowest BCUT2D eigenvalue weighted by molar-refractivity contribution is -0.172. The highest BCUT2D eigenvalue weighted by Crippen LogP contribution is 2.24. The van der Waals surface area contributed by atoms with Crippen LogP contribution in [0.3, 0.4) is 0 Å². The summed E-state index contributed by atoms with van der Waals surface area (Å²) in [7, 11) is 0. The molecule has 1 aliphatic rings. The van der Waals surface area contributed by atoms with Crippen molar-refractivity contribution in [2.45, 2.75) is 39.4 Å². The average molecular weight is 237 g/mol. The first-order valence-corrected chi connectivity index (χ1v) is 6.30. The number of unbranched alkanes of at least 4 members (excludes halogenated alkanes) is 1. The van der Waals surface area contributed by atoms with E-state index in [0.29, 0.717) is 6.61 Å². The highest BCUT2D eigenvalue weighted by Gasteiger charge is 2.29. The fourth-order valence-electron chi connectivity index (χ4n) is 1.73. The SMILES string of the molecule is CCCCOC(C)(O)C1=CC=CC=CN1CC. The lowest BCUT2D eigenvalue weighted by Gasteiger charge is -2.33. The molecule has 0 aliphatic carbocycles. The molecule has 0 fully saturated rings. The van der Waals surface area contributed by atoms with Gasteiger partial charge in [-0.15, -0.1) is 0 Å². The Balaban J connectivity index is 2.76. The molecular weight excluding hydrogens is 214 g/mol. The molecule has 0 saturated carbocycles. The fraction of sp³-hybridized carbons (Fsp3) is 0.571. The Morgan fingerprint density at radius 2 is 2.06 bits per heavy atom. The van der Waals surface area contributed by atoms with Crippen LogP contribution in [0.5, 0.6) is 0 Å². The van der Waals surface area contributed by atoms with Gasteiger partial charge >= 0.3 is 0 Å². The topological polar surface area (TPSA) is 32.7 Å². The smallest absolute Gasteiger partial charge is 0.204 e. The van der Waals surface area contributed by atoms with Gasteiger partial charge in [-0.1, -0.05) is 25.5 Å². The third-order valence-corrected chi connectivity index (χ3v) is 2.75. The average Bonchev–Trinajstić information content (AvgIpc) is 2.54. The van der Waals surface area contributed by atoms with Gasteiger partial charge in [0.25, 0.3) is 0 Å². The van der Waals surface area contributed by atoms with E-state index in [1.54, 1.807) is 6.92 Å². The van der Waals surface area contributed by atoms with Gasteiger partial charge in [0, 0.05) is 12.7 Å². The van der Waals surface area contributed by atoms with E-state index in [4.69, 9.17) is 4.74 Å². The molecule has 0 radical (unpaired) electrons. The fourth-order valence-corrected chi connectivity index (χ4v) is 1.73. The molecule has 0 aromatic heterocycles. The van der Waals surface area contributed by atoms with Crippen LogP contribution in [0.4, 0.5) is 0 Å². The van der Waals surface area contributed by atoms with Crippen LogP contribution >= 0.6 is 0 Å². The van der Waals surface area contributed by atoms with Gasteiger partial charge in [0.05, 0.1) is 12.3 Å². The second-order valence-corrected chi connectivity index (χ2v) is 4.25. The van der Waals surface area contributed by atoms with Crippen molar-refractivity contribution in [2.24, 2.45) is 0 Å². The Bertz CT molecular complexity index is 316. The Hall–Kier alpha value is -1.06. The number of likely N-dealkylation sites (N-methyl/N-ethyl adjacent to an activating group) is 1. The monoisotopic (exact) mass is 237 g/mol. The van der Waals surface area contributed by atoms with Gasteiger partial charge in [-0.25, -0.2) is 0 Å². The molecule has 1 N–H and O–H groups in total. The first-order chi connectivity index (χ1) is 8.11. The zero-order valence-electron chi connectivity index (χ0n) is 11.0. The molecule has 17 heavy (non-hydrogen) atoms. The molecule has 3 nitrogen and oxygen atoms in total. The summed E-state index contributed by atoms with van der Waals surface area (Å²) in [5, 5.41) is 10.4. The standard InChI is InChI=1S/C14H23NO2/c1-4-6-12-17-14(3,16)13-10-8-7-9-11-15(13)5-2/h7-11,16H,4-6,12H2,1-3H3. The van der Waals surface area contributed by atoms with Gasteiger partial charge in [-0.05, 0) is 32.4 Å². The van der Waals surface area contributed by atoms with Crippen LogP contribution in [0.15, 0.2) is 36.2 Å². The molecule has 1 unspecified atom stereocenters. The summed E-state index contributed by atoms with van der Waals surface area (Å²) in [5.41, 5.74) is 0.779. The molecule has 96 valence electrons. The molecule has 0 spiro atoms. The number of rotatable bonds is 6. The molecule has 1 aliphatic heterocycles. The zero-order valence-corrected chi connectivity index (χ0v) is 11.0. The summed E-state index contributed by atoms with van der Waals surface area (Å²) in [6.45, 7) is 7.23. The number of hydrogen-bond donors (Lipinski definition) is 1. The minimum atomic E-state index is -1.23. The second kappa shape index (κ2) is 6.62. The van der Waals surface area contributed by atoms with E-state index in [1.165, 1.54) is 0 Å². The van der Waals surface area contributed by atoms with E-state index in [2.05, 4.69) is 6.92 Å². The van der Waals surface area contributed by atoms with E-state index in [0.717, 1.165) is 25.1 Å². The zero-order chi connectivity index (χ0) is 12.7. The van der Waals surface area contributed by atoms with Crippen LogP contribution in [0.1, 0.15) is 33.6 Å². The molecule has 1 heterocycles. The molecule has 0 aromatic rings. The van der Waals surface area contributed by atoms with E-state index in [1.807, 2.05) is 42.3 Å². The van der Waals surface area contributed by atoms with Gasteiger partial charge in [0.15, 0.2) is 0 Å². The first-order valence-electron chi connectivity index (χ1n) is 6.30. The van der Waals surface area contributed by atoms with Crippen molar-refractivity contribution in [3.63, 3.8) is 0 Å². The van der Waals surface area contributed by atoms with Crippen molar-refractivity contribution in [1.82, 2.24) is 4.90 Å². The van der Waals surface area contributed by atoms with E-state index in [-0.39, 0.29) is 0 Å². The predicted molar refractivity (Wildman–Crippen MR) is 70.2 cm³/mol. The highest BCUT2D eigenvalue weighted by atomic mass is 16.6. The normalized spacial score (nSPS) is 18.8. The number of aliphatic hydroxyl groups is 1. The van der Waals surface area contributed by atoms with Gasteiger partial charge in [-0.3, -0.25) is 0 Å². The van der Waals surface area contributed by atoms with Crippen molar-refractivity contribution in [3.8, 4) is 0 Å². The summed E-state index contributed by atoms with van der Waals surface area (Å²) >= 11 is 0. The van der Waals surface area contributed by atoms with Crippen molar-refractivity contribution < 1.29 is 9.84 Å². The Kier molecular flexibility index (Phi) is 5.45. The van der Waals surface area contributed by atoms with E-state index < -0.39 is 5.79 Å². The maximum atomic E-state index is 10.4. The maximum absolute atomic E-state index is 10.4. The van der Waals surface area contributed by atoms with Gasteiger partial charge in [0.2, 0.25) is 5.79 Å².